The summed E-state index contributed by atoms with van der Waals surface area (Å²) in [4.78, 5) is 38.1. The van der Waals surface area contributed by atoms with Crippen LogP contribution in [0.1, 0.15) is 69.9 Å². The van der Waals surface area contributed by atoms with E-state index in [1.807, 2.05) is 54.6 Å². The van der Waals surface area contributed by atoms with Gasteiger partial charge in [0.15, 0.2) is 17.6 Å². The summed E-state index contributed by atoms with van der Waals surface area (Å²) in [5.41, 5.74) is 5.75. The first kappa shape index (κ1) is 29.2. The monoisotopic (exact) mass is 549 g/mol. The topological polar surface area (TPSA) is 125 Å². The third kappa shape index (κ3) is 7.87. The molecule has 0 spiro atoms. The Morgan fingerprint density at radius 2 is 1.70 bits per heavy atom. The number of cyclic esters (lactones) is 1. The van der Waals surface area contributed by atoms with Gasteiger partial charge in [-0.2, -0.15) is 0 Å². The number of primary amides is 1. The van der Waals surface area contributed by atoms with Gasteiger partial charge in [0, 0.05) is 5.92 Å². The van der Waals surface area contributed by atoms with Crippen LogP contribution in [0.2, 0.25) is 0 Å². The molecule has 2 atom stereocenters. The van der Waals surface area contributed by atoms with Crippen molar-refractivity contribution in [3.05, 3.63) is 77.1 Å². The fourth-order valence-corrected chi connectivity index (χ4v) is 5.74. The van der Waals surface area contributed by atoms with Gasteiger partial charge in [-0.05, 0) is 62.3 Å². The molecule has 1 aliphatic heterocycles. The SMILES string of the molecule is CC(C)(CC(Cc1ccc(OCc2ccccc2)cc1)C(=O)C1=C(O)C(CC2CCCCC2)OC1=O)OC(N)=O. The Balaban J connectivity index is 1.50. The lowest BCUT2D eigenvalue weighted by Gasteiger charge is -2.28. The molecule has 1 saturated carbocycles. The minimum absolute atomic E-state index is 0.0956. The van der Waals surface area contributed by atoms with Gasteiger partial charge in [-0.3, -0.25) is 4.79 Å². The van der Waals surface area contributed by atoms with E-state index in [1.54, 1.807) is 13.8 Å². The highest BCUT2D eigenvalue weighted by Gasteiger charge is 2.43. The Hall–Kier alpha value is -3.81. The van der Waals surface area contributed by atoms with Gasteiger partial charge in [-0.15, -0.1) is 0 Å². The molecule has 1 fully saturated rings. The van der Waals surface area contributed by atoms with Gasteiger partial charge in [0.05, 0.1) is 0 Å². The minimum Gasteiger partial charge on any atom is -0.507 e. The van der Waals surface area contributed by atoms with E-state index in [-0.39, 0.29) is 24.2 Å². The summed E-state index contributed by atoms with van der Waals surface area (Å²) in [6.07, 6.45) is 4.59. The number of aliphatic hydroxyl groups is 1. The van der Waals surface area contributed by atoms with E-state index in [0.717, 1.165) is 36.8 Å². The van der Waals surface area contributed by atoms with E-state index >= 15 is 0 Å². The molecule has 214 valence electrons. The number of ether oxygens (including phenoxy) is 3. The quantitative estimate of drug-likeness (QED) is 0.247. The highest BCUT2D eigenvalue weighted by molar-refractivity contribution is 6.19. The zero-order valence-electron chi connectivity index (χ0n) is 23.3. The summed E-state index contributed by atoms with van der Waals surface area (Å²) >= 11 is 0. The number of aliphatic hydroxyl groups excluding tert-OH is 1. The van der Waals surface area contributed by atoms with Crippen LogP contribution in [-0.4, -0.2) is 34.7 Å². The van der Waals surface area contributed by atoms with Crippen molar-refractivity contribution in [1.82, 2.24) is 0 Å². The number of amides is 1. The van der Waals surface area contributed by atoms with Crippen molar-refractivity contribution >= 4 is 17.8 Å². The highest BCUT2D eigenvalue weighted by atomic mass is 16.6. The summed E-state index contributed by atoms with van der Waals surface area (Å²) < 4.78 is 16.6. The molecule has 8 heteroatoms. The third-order valence-electron chi connectivity index (χ3n) is 7.67. The summed E-state index contributed by atoms with van der Waals surface area (Å²) in [5.74, 6) is -1.36. The Morgan fingerprint density at radius 3 is 2.35 bits per heavy atom. The fourth-order valence-electron chi connectivity index (χ4n) is 5.74. The standard InChI is InChI=1S/C32H39NO7/c1-32(2,40-31(33)37)19-24(17-22-13-15-25(16-14-22)38-20-23-11-7-4-8-12-23)28(34)27-29(35)26(39-30(27)36)18-21-9-5-3-6-10-21/h4,7-8,11-16,21,24,26,35H,3,5-6,9-10,17-20H2,1-2H3,(H2,33,37). The fraction of sp³-hybridized carbons (Fsp3) is 0.469. The van der Waals surface area contributed by atoms with Crippen LogP contribution in [0.4, 0.5) is 4.79 Å². The maximum atomic E-state index is 13.8. The van der Waals surface area contributed by atoms with E-state index < -0.39 is 35.5 Å². The van der Waals surface area contributed by atoms with Crippen LogP contribution in [0.5, 0.6) is 5.75 Å². The second-order valence-corrected chi connectivity index (χ2v) is 11.5. The van der Waals surface area contributed by atoms with Crippen molar-refractivity contribution in [3.63, 3.8) is 0 Å². The minimum atomic E-state index is -1.08. The lowest BCUT2D eigenvalue weighted by Crippen LogP contribution is -2.36. The molecule has 8 nitrogen and oxygen atoms in total. The number of carbonyl (C=O) groups is 3. The van der Waals surface area contributed by atoms with E-state index in [1.165, 1.54) is 6.42 Å². The molecule has 0 saturated heterocycles. The molecule has 0 aromatic heterocycles. The zero-order valence-corrected chi connectivity index (χ0v) is 23.3. The van der Waals surface area contributed by atoms with Gasteiger partial charge in [0.25, 0.3) is 0 Å². The molecule has 4 rings (SSSR count). The van der Waals surface area contributed by atoms with Gasteiger partial charge in [-0.25, -0.2) is 9.59 Å². The number of benzene rings is 2. The first-order valence-corrected chi connectivity index (χ1v) is 14.0. The van der Waals surface area contributed by atoms with Gasteiger partial charge in [-0.1, -0.05) is 74.6 Å². The van der Waals surface area contributed by atoms with Crippen molar-refractivity contribution in [3.8, 4) is 5.75 Å². The Bertz CT molecular complexity index is 1210. The molecule has 2 aromatic carbocycles. The average molecular weight is 550 g/mol. The largest absolute Gasteiger partial charge is 0.507 e. The number of hydrogen-bond acceptors (Lipinski definition) is 7. The van der Waals surface area contributed by atoms with Gasteiger partial charge >= 0.3 is 12.1 Å². The highest BCUT2D eigenvalue weighted by Crippen LogP contribution is 2.35. The van der Waals surface area contributed by atoms with Crippen molar-refractivity contribution < 1.29 is 33.7 Å². The Kier molecular flexibility index (Phi) is 9.50. The second-order valence-electron chi connectivity index (χ2n) is 11.5. The van der Waals surface area contributed by atoms with Crippen molar-refractivity contribution in [2.75, 3.05) is 0 Å². The molecule has 40 heavy (non-hydrogen) atoms. The number of rotatable bonds is 12. The zero-order chi connectivity index (χ0) is 28.7. The smallest absolute Gasteiger partial charge is 0.405 e. The Morgan fingerprint density at radius 1 is 1.02 bits per heavy atom. The average Bonchev–Trinajstić information content (AvgIpc) is 3.19. The van der Waals surface area contributed by atoms with Crippen LogP contribution in [0.3, 0.4) is 0 Å². The number of nitrogens with two attached hydrogens (primary N) is 1. The molecule has 0 radical (unpaired) electrons. The van der Waals surface area contributed by atoms with Crippen LogP contribution >= 0.6 is 0 Å². The summed E-state index contributed by atoms with van der Waals surface area (Å²) in [7, 11) is 0. The van der Waals surface area contributed by atoms with Crippen LogP contribution in [0.25, 0.3) is 0 Å². The van der Waals surface area contributed by atoms with Gasteiger partial charge in [0.2, 0.25) is 0 Å². The second kappa shape index (κ2) is 13.0. The van der Waals surface area contributed by atoms with Crippen LogP contribution < -0.4 is 10.5 Å². The van der Waals surface area contributed by atoms with E-state index in [9.17, 15) is 19.5 Å². The van der Waals surface area contributed by atoms with Gasteiger partial charge in [0.1, 0.15) is 23.5 Å². The maximum Gasteiger partial charge on any atom is 0.405 e. The maximum absolute atomic E-state index is 13.8. The van der Waals surface area contributed by atoms with Crippen LogP contribution in [0.15, 0.2) is 65.9 Å². The number of Topliss-reactive ketones (excluding diaryl/α,β-unsaturated/α-hetero) is 1. The lowest BCUT2D eigenvalue weighted by molar-refractivity contribution is -0.142. The predicted octanol–water partition coefficient (Wildman–Crippen LogP) is 5.97. The first-order chi connectivity index (χ1) is 19.1. The lowest BCUT2D eigenvalue weighted by atomic mass is 9.82. The van der Waals surface area contributed by atoms with E-state index in [0.29, 0.717) is 24.7 Å². The molecule has 2 aliphatic rings. The summed E-state index contributed by atoms with van der Waals surface area (Å²) in [6, 6.07) is 17.2. The number of ketones is 1. The number of esters is 1. The molecule has 1 aliphatic carbocycles. The molecule has 1 amide bonds. The predicted molar refractivity (Wildman–Crippen MR) is 150 cm³/mol. The van der Waals surface area contributed by atoms with Crippen LogP contribution in [-0.2, 0) is 32.1 Å². The number of carbonyl (C=O) groups excluding carboxylic acids is 3. The molecule has 0 bridgehead atoms. The molecular weight excluding hydrogens is 510 g/mol. The van der Waals surface area contributed by atoms with E-state index in [4.69, 9.17) is 19.9 Å². The van der Waals surface area contributed by atoms with Crippen LogP contribution in [0, 0.1) is 11.8 Å². The summed E-state index contributed by atoms with van der Waals surface area (Å²) in [5, 5.41) is 11.0. The van der Waals surface area contributed by atoms with Gasteiger partial charge < -0.3 is 25.1 Å². The molecule has 2 unspecified atom stereocenters. The van der Waals surface area contributed by atoms with Crippen molar-refractivity contribution in [2.45, 2.75) is 83.5 Å². The van der Waals surface area contributed by atoms with E-state index in [2.05, 4.69) is 0 Å². The molecule has 2 aromatic rings. The first-order valence-electron chi connectivity index (χ1n) is 14.0. The van der Waals surface area contributed by atoms with Crippen molar-refractivity contribution in [1.29, 1.82) is 0 Å². The molecule has 3 N–H and O–H groups in total. The normalized spacial score (nSPS) is 18.8. The summed E-state index contributed by atoms with van der Waals surface area (Å²) in [6.45, 7) is 3.74. The Labute approximate surface area is 235 Å². The molecule has 1 heterocycles. The van der Waals surface area contributed by atoms with Crippen molar-refractivity contribution in [2.24, 2.45) is 17.6 Å². The number of hydrogen-bond donors (Lipinski definition) is 2. The third-order valence-corrected chi connectivity index (χ3v) is 7.67. The molecular formula is C32H39NO7.